The maximum atomic E-state index is 12.7. The molecule has 0 bridgehead atoms. The van der Waals surface area contributed by atoms with Crippen LogP contribution in [0.5, 0.6) is 0 Å². The van der Waals surface area contributed by atoms with Crippen LogP contribution in [0, 0.1) is 0 Å². The molecule has 0 saturated heterocycles. The van der Waals surface area contributed by atoms with Crippen LogP contribution in [-0.2, 0) is 11.3 Å². The SMILES string of the molecule is C[C@H]1CN(C(=O)[C@@](C)(O)C(F)(F)F)Cc2cn[nH]c21. The van der Waals surface area contributed by atoms with Crippen molar-refractivity contribution in [1.82, 2.24) is 15.1 Å². The first kappa shape index (κ1) is 13.9. The zero-order valence-corrected chi connectivity index (χ0v) is 10.5. The van der Waals surface area contributed by atoms with Crippen LogP contribution < -0.4 is 0 Å². The third-order valence-corrected chi connectivity index (χ3v) is 3.36. The summed E-state index contributed by atoms with van der Waals surface area (Å²) in [5.74, 6) is -1.49. The Hall–Kier alpha value is -1.57. The normalized spacial score (nSPS) is 22.8. The highest BCUT2D eigenvalue weighted by molar-refractivity contribution is 5.85. The quantitative estimate of drug-likeness (QED) is 0.809. The van der Waals surface area contributed by atoms with Crippen LogP contribution in [0.4, 0.5) is 13.2 Å². The van der Waals surface area contributed by atoms with Crippen molar-refractivity contribution in [3.05, 3.63) is 17.5 Å². The fourth-order valence-electron chi connectivity index (χ4n) is 2.15. The number of hydrogen-bond acceptors (Lipinski definition) is 3. The van der Waals surface area contributed by atoms with Gasteiger partial charge < -0.3 is 10.0 Å². The number of aliphatic hydroxyl groups is 1. The van der Waals surface area contributed by atoms with Crippen LogP contribution in [0.3, 0.4) is 0 Å². The van der Waals surface area contributed by atoms with Gasteiger partial charge in [0.05, 0.1) is 6.20 Å². The van der Waals surface area contributed by atoms with Gasteiger partial charge >= 0.3 is 6.18 Å². The molecule has 19 heavy (non-hydrogen) atoms. The van der Waals surface area contributed by atoms with Crippen molar-refractivity contribution in [2.75, 3.05) is 6.54 Å². The first-order chi connectivity index (χ1) is 8.64. The molecular weight excluding hydrogens is 263 g/mol. The highest BCUT2D eigenvalue weighted by Crippen LogP contribution is 2.34. The minimum atomic E-state index is -5.00. The number of nitrogens with one attached hydrogen (secondary N) is 1. The molecule has 2 heterocycles. The Balaban J connectivity index is 2.24. The van der Waals surface area contributed by atoms with E-state index in [4.69, 9.17) is 0 Å². The van der Waals surface area contributed by atoms with Crippen molar-refractivity contribution in [2.45, 2.75) is 38.1 Å². The molecule has 1 aliphatic rings. The maximum Gasteiger partial charge on any atom is 0.426 e. The second kappa shape index (κ2) is 4.22. The average Bonchev–Trinajstić information content (AvgIpc) is 2.74. The second-order valence-electron chi connectivity index (χ2n) is 4.97. The zero-order chi connectivity index (χ0) is 14.4. The lowest BCUT2D eigenvalue weighted by atomic mass is 9.96. The summed E-state index contributed by atoms with van der Waals surface area (Å²) >= 11 is 0. The Bertz CT molecular complexity index is 496. The van der Waals surface area contributed by atoms with Crippen molar-refractivity contribution in [2.24, 2.45) is 0 Å². The van der Waals surface area contributed by atoms with Crippen LogP contribution in [0.25, 0.3) is 0 Å². The lowest BCUT2D eigenvalue weighted by Crippen LogP contribution is -2.57. The van der Waals surface area contributed by atoms with Gasteiger partial charge in [-0.25, -0.2) is 0 Å². The number of H-pyrrole nitrogens is 1. The van der Waals surface area contributed by atoms with Gasteiger partial charge in [-0.05, 0) is 6.92 Å². The highest BCUT2D eigenvalue weighted by Gasteiger charge is 2.57. The Morgan fingerprint density at radius 1 is 1.58 bits per heavy atom. The Labute approximate surface area is 107 Å². The molecule has 0 spiro atoms. The van der Waals surface area contributed by atoms with Crippen LogP contribution in [0.15, 0.2) is 6.20 Å². The molecule has 0 saturated carbocycles. The number of rotatable bonds is 1. The fourth-order valence-corrected chi connectivity index (χ4v) is 2.15. The monoisotopic (exact) mass is 277 g/mol. The standard InChI is InChI=1S/C11H14F3N3O2/c1-6-4-17(5-7-3-15-16-8(6)7)9(18)10(2,19)11(12,13)14/h3,6,19H,4-5H2,1-2H3,(H,15,16)/t6-,10+/m0/s1. The molecule has 0 fully saturated rings. The summed E-state index contributed by atoms with van der Waals surface area (Å²) in [5, 5.41) is 16.0. The highest BCUT2D eigenvalue weighted by atomic mass is 19.4. The summed E-state index contributed by atoms with van der Waals surface area (Å²) in [6.45, 7) is 2.38. The third kappa shape index (κ3) is 2.20. The molecule has 1 amide bonds. The molecular formula is C11H14F3N3O2. The van der Waals surface area contributed by atoms with Gasteiger partial charge in [-0.3, -0.25) is 9.89 Å². The van der Waals surface area contributed by atoms with Crippen molar-refractivity contribution >= 4 is 5.91 Å². The molecule has 1 aromatic rings. The summed E-state index contributed by atoms with van der Waals surface area (Å²) in [5.41, 5.74) is -1.88. The van der Waals surface area contributed by atoms with Crippen LogP contribution in [0.1, 0.15) is 31.0 Å². The molecule has 2 N–H and O–H groups in total. The van der Waals surface area contributed by atoms with Gasteiger partial charge in [-0.15, -0.1) is 0 Å². The molecule has 1 aliphatic heterocycles. The molecule has 1 aromatic heterocycles. The lowest BCUT2D eigenvalue weighted by molar-refractivity contribution is -0.250. The maximum absolute atomic E-state index is 12.7. The minimum absolute atomic E-state index is 0.0151. The molecule has 2 rings (SSSR count). The number of alkyl halides is 3. The number of halogens is 3. The molecule has 0 aromatic carbocycles. The number of aromatic amines is 1. The van der Waals surface area contributed by atoms with E-state index in [1.165, 1.54) is 6.20 Å². The van der Waals surface area contributed by atoms with Gasteiger partial charge in [0.1, 0.15) is 0 Å². The lowest BCUT2D eigenvalue weighted by Gasteiger charge is -2.36. The fraction of sp³-hybridized carbons (Fsp3) is 0.636. The van der Waals surface area contributed by atoms with Gasteiger partial charge in [-0.2, -0.15) is 18.3 Å². The summed E-state index contributed by atoms with van der Waals surface area (Å²) in [4.78, 5) is 12.9. The molecule has 0 aliphatic carbocycles. The van der Waals surface area contributed by atoms with Crippen LogP contribution in [-0.4, -0.2) is 44.4 Å². The van der Waals surface area contributed by atoms with E-state index < -0.39 is 17.7 Å². The largest absolute Gasteiger partial charge is 0.426 e. The third-order valence-electron chi connectivity index (χ3n) is 3.36. The number of carbonyl (C=O) groups excluding carboxylic acids is 1. The predicted molar refractivity (Wildman–Crippen MR) is 59.1 cm³/mol. The Morgan fingerprint density at radius 3 is 2.79 bits per heavy atom. The smallest absolute Gasteiger partial charge is 0.373 e. The predicted octanol–water partition coefficient (Wildman–Crippen LogP) is 1.17. The number of fused-ring (bicyclic) bond motifs is 1. The molecule has 8 heteroatoms. The number of nitrogens with zero attached hydrogens (tertiary/aromatic N) is 2. The van der Waals surface area contributed by atoms with Crippen molar-refractivity contribution in [3.63, 3.8) is 0 Å². The number of amides is 1. The van der Waals surface area contributed by atoms with Gasteiger partial charge in [0.25, 0.3) is 5.91 Å². The Kier molecular flexibility index (Phi) is 3.08. The van der Waals surface area contributed by atoms with E-state index in [2.05, 4.69) is 10.2 Å². The molecule has 5 nitrogen and oxygen atoms in total. The van der Waals surface area contributed by atoms with E-state index in [-0.39, 0.29) is 19.0 Å². The summed E-state index contributed by atoms with van der Waals surface area (Å²) in [6.07, 6.45) is -3.52. The number of aromatic nitrogens is 2. The van der Waals surface area contributed by atoms with Gasteiger partial charge in [-0.1, -0.05) is 6.92 Å². The van der Waals surface area contributed by atoms with E-state index in [9.17, 15) is 23.1 Å². The molecule has 0 radical (unpaired) electrons. The molecule has 106 valence electrons. The van der Waals surface area contributed by atoms with Gasteiger partial charge in [0.2, 0.25) is 5.60 Å². The average molecular weight is 277 g/mol. The summed E-state index contributed by atoms with van der Waals surface area (Å²) in [6, 6.07) is 0. The zero-order valence-electron chi connectivity index (χ0n) is 10.5. The van der Waals surface area contributed by atoms with Crippen molar-refractivity contribution in [3.8, 4) is 0 Å². The van der Waals surface area contributed by atoms with Crippen LogP contribution >= 0.6 is 0 Å². The van der Waals surface area contributed by atoms with Crippen LogP contribution in [0.2, 0.25) is 0 Å². The first-order valence-corrected chi connectivity index (χ1v) is 5.75. The molecule has 2 atom stereocenters. The van der Waals surface area contributed by atoms with Gasteiger partial charge in [0, 0.05) is 30.3 Å². The molecule has 0 unspecified atom stereocenters. The van der Waals surface area contributed by atoms with Crippen molar-refractivity contribution in [1.29, 1.82) is 0 Å². The first-order valence-electron chi connectivity index (χ1n) is 5.75. The summed E-state index contributed by atoms with van der Waals surface area (Å²) < 4.78 is 38.0. The Morgan fingerprint density at radius 2 is 2.21 bits per heavy atom. The topological polar surface area (TPSA) is 69.2 Å². The van der Waals surface area contributed by atoms with E-state index >= 15 is 0 Å². The van der Waals surface area contributed by atoms with E-state index in [1.54, 1.807) is 6.92 Å². The number of carbonyl (C=O) groups is 1. The number of hydrogen-bond donors (Lipinski definition) is 2. The minimum Gasteiger partial charge on any atom is -0.373 e. The second-order valence-corrected chi connectivity index (χ2v) is 4.97. The van der Waals surface area contributed by atoms with Crippen molar-refractivity contribution < 1.29 is 23.1 Å². The van der Waals surface area contributed by atoms with Gasteiger partial charge in [0.15, 0.2) is 0 Å². The van der Waals surface area contributed by atoms with E-state index in [0.29, 0.717) is 12.5 Å². The van der Waals surface area contributed by atoms with E-state index in [1.807, 2.05) is 0 Å². The van der Waals surface area contributed by atoms with E-state index in [0.717, 1.165) is 10.6 Å². The summed E-state index contributed by atoms with van der Waals surface area (Å²) in [7, 11) is 0.